The van der Waals surface area contributed by atoms with E-state index in [1.54, 1.807) is 0 Å². The third-order valence-corrected chi connectivity index (χ3v) is 1.67. The first-order valence-electron chi connectivity index (χ1n) is 3.59. The average molecular weight is 196 g/mol. The van der Waals surface area contributed by atoms with Crippen LogP contribution >= 0.6 is 0 Å². The number of methoxy groups -OCH3 is 1. The van der Waals surface area contributed by atoms with Gasteiger partial charge in [-0.2, -0.15) is 0 Å². The minimum absolute atomic E-state index is 0.0855. The SMILES string of the molecule is COc1ccc([N+](=O)[O-])c(C=O)c1[O-]. The number of carbonyl (C=O) groups excluding carboxylic acids is 1. The van der Waals surface area contributed by atoms with E-state index in [0.717, 1.165) is 12.1 Å². The van der Waals surface area contributed by atoms with Crippen LogP contribution in [0.15, 0.2) is 12.1 Å². The molecule has 1 aromatic carbocycles. The standard InChI is InChI=1S/C8H7NO5/c1-14-7-3-2-6(9(12)13)5(4-10)8(7)11/h2-4,11H,1H3/p-1. The molecule has 0 aliphatic carbocycles. The summed E-state index contributed by atoms with van der Waals surface area (Å²) in [5.41, 5.74) is -1.000. The van der Waals surface area contributed by atoms with Gasteiger partial charge < -0.3 is 9.84 Å². The first kappa shape index (κ1) is 9.97. The molecule has 0 fully saturated rings. The fourth-order valence-corrected chi connectivity index (χ4v) is 1.00. The second-order valence-electron chi connectivity index (χ2n) is 2.40. The van der Waals surface area contributed by atoms with Gasteiger partial charge >= 0.3 is 0 Å². The van der Waals surface area contributed by atoms with Crippen LogP contribution in [0.3, 0.4) is 0 Å². The van der Waals surface area contributed by atoms with Gasteiger partial charge in [0.05, 0.1) is 17.6 Å². The average Bonchev–Trinajstić information content (AvgIpc) is 2.17. The molecule has 0 N–H and O–H groups in total. The van der Waals surface area contributed by atoms with Gasteiger partial charge in [-0.3, -0.25) is 14.9 Å². The van der Waals surface area contributed by atoms with Crippen LogP contribution in [0.25, 0.3) is 0 Å². The molecule has 0 heterocycles. The van der Waals surface area contributed by atoms with Crippen LogP contribution in [0, 0.1) is 10.1 Å². The van der Waals surface area contributed by atoms with E-state index in [9.17, 15) is 20.0 Å². The number of rotatable bonds is 3. The molecule has 0 amide bonds. The maximum atomic E-state index is 11.3. The lowest BCUT2D eigenvalue weighted by Gasteiger charge is -2.13. The van der Waals surface area contributed by atoms with Crippen LogP contribution in [-0.4, -0.2) is 18.3 Å². The predicted molar refractivity (Wildman–Crippen MR) is 44.5 cm³/mol. The molecule has 0 aromatic heterocycles. The Balaban J connectivity index is 3.43. The fourth-order valence-electron chi connectivity index (χ4n) is 1.00. The summed E-state index contributed by atoms with van der Waals surface area (Å²) in [5, 5.41) is 21.7. The molecule has 0 unspecified atom stereocenters. The van der Waals surface area contributed by atoms with E-state index in [0.29, 0.717) is 0 Å². The Morgan fingerprint density at radius 2 is 2.14 bits per heavy atom. The van der Waals surface area contributed by atoms with E-state index in [2.05, 4.69) is 4.74 Å². The van der Waals surface area contributed by atoms with Gasteiger partial charge in [-0.25, -0.2) is 0 Å². The van der Waals surface area contributed by atoms with Crippen molar-refractivity contribution < 1.29 is 19.6 Å². The maximum Gasteiger partial charge on any atom is 0.279 e. The number of aldehydes is 1. The summed E-state index contributed by atoms with van der Waals surface area (Å²) < 4.78 is 4.63. The molecule has 0 radical (unpaired) electrons. The van der Waals surface area contributed by atoms with Gasteiger partial charge in [0, 0.05) is 6.07 Å². The molecule has 6 nitrogen and oxygen atoms in total. The summed E-state index contributed by atoms with van der Waals surface area (Å²) >= 11 is 0. The third-order valence-electron chi connectivity index (χ3n) is 1.67. The molecule has 6 heteroatoms. The van der Waals surface area contributed by atoms with Gasteiger partial charge in [0.1, 0.15) is 5.75 Å². The molecule has 0 aliphatic heterocycles. The normalized spacial score (nSPS) is 9.50. The lowest BCUT2D eigenvalue weighted by Crippen LogP contribution is -2.03. The van der Waals surface area contributed by atoms with Crippen molar-refractivity contribution in [2.45, 2.75) is 0 Å². The summed E-state index contributed by atoms with van der Waals surface area (Å²) in [6.07, 6.45) is 0.156. The number of nitro groups is 1. The summed E-state index contributed by atoms with van der Waals surface area (Å²) in [5.74, 6) is -0.852. The Bertz CT molecular complexity index is 388. The molecule has 0 spiro atoms. The van der Waals surface area contributed by atoms with E-state index in [4.69, 9.17) is 0 Å². The minimum atomic E-state index is -0.787. The van der Waals surface area contributed by atoms with E-state index in [1.165, 1.54) is 7.11 Å². The molecule has 74 valence electrons. The number of hydrogen-bond acceptors (Lipinski definition) is 5. The number of nitro benzene ring substituents is 1. The summed E-state index contributed by atoms with van der Waals surface area (Å²) in [4.78, 5) is 20.1. The van der Waals surface area contributed by atoms with Crippen molar-refractivity contribution in [1.82, 2.24) is 0 Å². The van der Waals surface area contributed by atoms with Crippen LogP contribution < -0.4 is 9.84 Å². The molecule has 0 saturated carbocycles. The largest absolute Gasteiger partial charge is 0.869 e. The molecule has 0 bridgehead atoms. The molecule has 0 saturated heterocycles. The molecule has 0 aliphatic rings. The highest BCUT2D eigenvalue weighted by atomic mass is 16.6. The molecular weight excluding hydrogens is 190 g/mol. The lowest BCUT2D eigenvalue weighted by molar-refractivity contribution is -0.385. The Kier molecular flexibility index (Phi) is 2.66. The summed E-state index contributed by atoms with van der Waals surface area (Å²) in [6, 6.07) is 2.22. The lowest BCUT2D eigenvalue weighted by atomic mass is 10.1. The van der Waals surface area contributed by atoms with Crippen LogP contribution in [-0.2, 0) is 0 Å². The Morgan fingerprint density at radius 3 is 2.57 bits per heavy atom. The first-order chi connectivity index (χ1) is 6.61. The molecule has 1 rings (SSSR count). The highest BCUT2D eigenvalue weighted by molar-refractivity contribution is 5.86. The highest BCUT2D eigenvalue weighted by Gasteiger charge is 2.15. The second-order valence-corrected chi connectivity index (χ2v) is 2.40. The number of carbonyl (C=O) groups is 1. The van der Waals surface area contributed by atoms with Crippen LogP contribution in [0.2, 0.25) is 0 Å². The molecule has 0 atom stereocenters. The van der Waals surface area contributed by atoms with E-state index in [-0.39, 0.29) is 12.0 Å². The van der Waals surface area contributed by atoms with Crippen LogP contribution in [0.5, 0.6) is 11.5 Å². The number of ether oxygens (including phenoxy) is 1. The van der Waals surface area contributed by atoms with Gasteiger partial charge in [0.2, 0.25) is 0 Å². The van der Waals surface area contributed by atoms with E-state index >= 15 is 0 Å². The van der Waals surface area contributed by atoms with Crippen LogP contribution in [0.1, 0.15) is 10.4 Å². The van der Waals surface area contributed by atoms with Gasteiger partial charge in [-0.05, 0) is 11.8 Å². The topological polar surface area (TPSA) is 92.5 Å². The Labute approximate surface area is 78.9 Å². The zero-order valence-electron chi connectivity index (χ0n) is 7.22. The van der Waals surface area contributed by atoms with Gasteiger partial charge in [0.25, 0.3) is 5.69 Å². The second kappa shape index (κ2) is 3.73. The van der Waals surface area contributed by atoms with Crippen molar-refractivity contribution in [3.05, 3.63) is 27.8 Å². The zero-order valence-corrected chi connectivity index (χ0v) is 7.22. The molecular formula is C8H6NO5-. The van der Waals surface area contributed by atoms with Crippen molar-refractivity contribution in [2.75, 3.05) is 7.11 Å². The fraction of sp³-hybridized carbons (Fsp3) is 0.125. The number of hydrogen-bond donors (Lipinski definition) is 0. The monoisotopic (exact) mass is 196 g/mol. The number of benzene rings is 1. The van der Waals surface area contributed by atoms with Crippen LogP contribution in [0.4, 0.5) is 5.69 Å². The van der Waals surface area contributed by atoms with Crippen molar-refractivity contribution >= 4 is 12.0 Å². The highest BCUT2D eigenvalue weighted by Crippen LogP contribution is 2.32. The summed E-state index contributed by atoms with van der Waals surface area (Å²) in [6.45, 7) is 0. The number of nitrogens with zero attached hydrogens (tertiary/aromatic N) is 1. The van der Waals surface area contributed by atoms with Crippen molar-refractivity contribution in [1.29, 1.82) is 0 Å². The van der Waals surface area contributed by atoms with Crippen molar-refractivity contribution in [3.63, 3.8) is 0 Å². The smallest absolute Gasteiger partial charge is 0.279 e. The zero-order chi connectivity index (χ0) is 10.7. The third kappa shape index (κ3) is 1.49. The quantitative estimate of drug-likeness (QED) is 0.398. The first-order valence-corrected chi connectivity index (χ1v) is 3.59. The van der Waals surface area contributed by atoms with Gasteiger partial charge in [-0.1, -0.05) is 0 Å². The Hall–Kier alpha value is -2.11. The minimum Gasteiger partial charge on any atom is -0.869 e. The Morgan fingerprint density at radius 1 is 1.50 bits per heavy atom. The molecule has 14 heavy (non-hydrogen) atoms. The van der Waals surface area contributed by atoms with Gasteiger partial charge in [-0.15, -0.1) is 0 Å². The van der Waals surface area contributed by atoms with E-state index in [1.807, 2.05) is 0 Å². The maximum absolute atomic E-state index is 11.3. The predicted octanol–water partition coefficient (Wildman–Crippen LogP) is 0.489. The van der Waals surface area contributed by atoms with Crippen molar-refractivity contribution in [3.8, 4) is 11.5 Å². The summed E-state index contributed by atoms with van der Waals surface area (Å²) in [7, 11) is 1.25. The van der Waals surface area contributed by atoms with Crippen molar-refractivity contribution in [2.24, 2.45) is 0 Å². The van der Waals surface area contributed by atoms with Gasteiger partial charge in [0.15, 0.2) is 6.29 Å². The molecule has 1 aromatic rings. The van der Waals surface area contributed by atoms with E-state index < -0.39 is 21.9 Å².